The predicted octanol–water partition coefficient (Wildman–Crippen LogP) is 3.05. The third kappa shape index (κ3) is 2.02. The van der Waals surface area contributed by atoms with Crippen LogP contribution < -0.4 is 4.90 Å². The average molecular weight is 244 g/mol. The molecule has 2 unspecified atom stereocenters. The maximum absolute atomic E-state index is 11.2. The van der Waals surface area contributed by atoms with Crippen LogP contribution in [0.5, 0.6) is 0 Å². The summed E-state index contributed by atoms with van der Waals surface area (Å²) in [6.45, 7) is 2.71. The van der Waals surface area contributed by atoms with Gasteiger partial charge < -0.3 is 4.90 Å². The fourth-order valence-corrected chi connectivity index (χ4v) is 3.49. The SMILES string of the molecule is CC(=O)c1ccc(N2CCC3CCCCC32)cn1. The van der Waals surface area contributed by atoms with E-state index in [1.165, 1.54) is 37.8 Å². The van der Waals surface area contributed by atoms with Gasteiger partial charge in [0, 0.05) is 19.5 Å². The lowest BCUT2D eigenvalue weighted by atomic mass is 9.85. The molecule has 3 nitrogen and oxygen atoms in total. The second-order valence-corrected chi connectivity index (χ2v) is 5.55. The van der Waals surface area contributed by atoms with E-state index in [1.807, 2.05) is 12.3 Å². The number of aromatic nitrogens is 1. The first-order valence-corrected chi connectivity index (χ1v) is 6.99. The highest BCUT2D eigenvalue weighted by Crippen LogP contribution is 2.38. The third-order valence-electron chi connectivity index (χ3n) is 4.45. The summed E-state index contributed by atoms with van der Waals surface area (Å²) >= 11 is 0. The van der Waals surface area contributed by atoms with Crippen LogP contribution in [0.1, 0.15) is 49.5 Å². The van der Waals surface area contributed by atoms with Gasteiger partial charge in [-0.1, -0.05) is 12.8 Å². The van der Waals surface area contributed by atoms with E-state index < -0.39 is 0 Å². The Morgan fingerprint density at radius 2 is 2.11 bits per heavy atom. The van der Waals surface area contributed by atoms with Gasteiger partial charge in [0.05, 0.1) is 11.9 Å². The van der Waals surface area contributed by atoms with Crippen LogP contribution in [0.2, 0.25) is 0 Å². The molecule has 3 heteroatoms. The molecule has 0 amide bonds. The van der Waals surface area contributed by atoms with Crippen molar-refractivity contribution in [2.45, 2.75) is 45.1 Å². The van der Waals surface area contributed by atoms with E-state index in [-0.39, 0.29) is 5.78 Å². The van der Waals surface area contributed by atoms with Gasteiger partial charge in [0.15, 0.2) is 5.78 Å². The molecule has 0 N–H and O–H groups in total. The fraction of sp³-hybridized carbons (Fsp3) is 0.600. The lowest BCUT2D eigenvalue weighted by Crippen LogP contribution is -2.34. The van der Waals surface area contributed by atoms with Crippen molar-refractivity contribution in [3.63, 3.8) is 0 Å². The van der Waals surface area contributed by atoms with Crippen LogP contribution >= 0.6 is 0 Å². The van der Waals surface area contributed by atoms with Crippen molar-refractivity contribution >= 4 is 11.5 Å². The molecule has 0 radical (unpaired) electrons. The van der Waals surface area contributed by atoms with Crippen LogP contribution in [-0.4, -0.2) is 23.4 Å². The minimum absolute atomic E-state index is 0.0403. The standard InChI is InChI=1S/C15H20N2O/c1-11(18)14-7-6-13(10-16-14)17-9-8-12-4-2-3-5-15(12)17/h6-7,10,12,15H,2-5,8-9H2,1H3. The summed E-state index contributed by atoms with van der Waals surface area (Å²) in [4.78, 5) is 18.0. The Bertz CT molecular complexity index is 440. The number of rotatable bonds is 2. The monoisotopic (exact) mass is 244 g/mol. The van der Waals surface area contributed by atoms with Crippen molar-refractivity contribution in [1.82, 2.24) is 4.98 Å². The Hall–Kier alpha value is -1.38. The molecule has 96 valence electrons. The molecule has 2 heterocycles. The minimum atomic E-state index is 0.0403. The van der Waals surface area contributed by atoms with Gasteiger partial charge >= 0.3 is 0 Å². The van der Waals surface area contributed by atoms with Crippen molar-refractivity contribution in [1.29, 1.82) is 0 Å². The van der Waals surface area contributed by atoms with E-state index in [2.05, 4.69) is 16.0 Å². The van der Waals surface area contributed by atoms with E-state index in [0.717, 1.165) is 12.5 Å². The van der Waals surface area contributed by atoms with Crippen molar-refractivity contribution in [2.24, 2.45) is 5.92 Å². The van der Waals surface area contributed by atoms with Gasteiger partial charge in [0.25, 0.3) is 0 Å². The second-order valence-electron chi connectivity index (χ2n) is 5.55. The molecule has 2 aliphatic rings. The molecule has 1 saturated heterocycles. The van der Waals surface area contributed by atoms with Crippen LogP contribution in [-0.2, 0) is 0 Å². The van der Waals surface area contributed by atoms with Crippen LogP contribution in [0.4, 0.5) is 5.69 Å². The Morgan fingerprint density at radius 3 is 2.83 bits per heavy atom. The molecule has 3 rings (SSSR count). The largest absolute Gasteiger partial charge is 0.367 e. The minimum Gasteiger partial charge on any atom is -0.367 e. The van der Waals surface area contributed by atoms with E-state index in [4.69, 9.17) is 0 Å². The molecule has 1 aromatic heterocycles. The second kappa shape index (κ2) is 4.71. The number of nitrogens with zero attached hydrogens (tertiary/aromatic N) is 2. The Morgan fingerprint density at radius 1 is 1.28 bits per heavy atom. The number of ketones is 1. The number of hydrogen-bond donors (Lipinski definition) is 0. The molecule has 1 aliphatic carbocycles. The molecule has 2 fully saturated rings. The zero-order chi connectivity index (χ0) is 12.5. The number of hydrogen-bond acceptors (Lipinski definition) is 3. The lowest BCUT2D eigenvalue weighted by Gasteiger charge is -2.33. The highest BCUT2D eigenvalue weighted by molar-refractivity contribution is 5.92. The summed E-state index contributed by atoms with van der Waals surface area (Å²) in [6, 6.07) is 4.62. The van der Waals surface area contributed by atoms with Crippen molar-refractivity contribution < 1.29 is 4.79 Å². The number of Topliss-reactive ketones (excluding diaryl/α,β-unsaturated/α-hetero) is 1. The molecule has 1 aromatic rings. The van der Waals surface area contributed by atoms with Crippen LogP contribution in [0.25, 0.3) is 0 Å². The highest BCUT2D eigenvalue weighted by atomic mass is 16.1. The van der Waals surface area contributed by atoms with Crippen molar-refractivity contribution in [2.75, 3.05) is 11.4 Å². The topological polar surface area (TPSA) is 33.2 Å². The van der Waals surface area contributed by atoms with Crippen LogP contribution in [0, 0.1) is 5.92 Å². The Balaban J connectivity index is 1.80. The molecule has 2 atom stereocenters. The van der Waals surface area contributed by atoms with Crippen molar-refractivity contribution in [3.8, 4) is 0 Å². The number of pyridine rings is 1. The van der Waals surface area contributed by atoms with Gasteiger partial charge in [-0.3, -0.25) is 9.78 Å². The molecule has 1 aliphatic heterocycles. The van der Waals surface area contributed by atoms with Gasteiger partial charge in [0.1, 0.15) is 5.69 Å². The molecule has 0 aromatic carbocycles. The molecular weight excluding hydrogens is 224 g/mol. The van der Waals surface area contributed by atoms with Gasteiger partial charge in [-0.05, 0) is 37.3 Å². The number of anilines is 1. The van der Waals surface area contributed by atoms with Crippen molar-refractivity contribution in [3.05, 3.63) is 24.0 Å². The summed E-state index contributed by atoms with van der Waals surface area (Å²) in [5.74, 6) is 0.921. The maximum Gasteiger partial charge on any atom is 0.178 e. The van der Waals surface area contributed by atoms with E-state index in [1.54, 1.807) is 6.92 Å². The van der Waals surface area contributed by atoms with Crippen LogP contribution in [0.3, 0.4) is 0 Å². The molecule has 1 saturated carbocycles. The fourth-order valence-electron chi connectivity index (χ4n) is 3.49. The summed E-state index contributed by atoms with van der Waals surface area (Å²) in [6.07, 6.45) is 8.65. The normalized spacial score (nSPS) is 27.1. The zero-order valence-electron chi connectivity index (χ0n) is 10.9. The number of carbonyl (C=O) groups is 1. The first-order chi connectivity index (χ1) is 8.75. The summed E-state index contributed by atoms with van der Waals surface area (Å²) in [5.41, 5.74) is 1.76. The summed E-state index contributed by atoms with van der Waals surface area (Å²) in [5, 5.41) is 0. The molecule has 18 heavy (non-hydrogen) atoms. The zero-order valence-corrected chi connectivity index (χ0v) is 10.9. The molecule has 0 bridgehead atoms. The lowest BCUT2D eigenvalue weighted by molar-refractivity contribution is 0.101. The van der Waals surface area contributed by atoms with Crippen LogP contribution in [0.15, 0.2) is 18.3 Å². The highest BCUT2D eigenvalue weighted by Gasteiger charge is 2.35. The third-order valence-corrected chi connectivity index (χ3v) is 4.45. The van der Waals surface area contributed by atoms with Gasteiger partial charge in [0.2, 0.25) is 0 Å². The Labute approximate surface area is 108 Å². The van der Waals surface area contributed by atoms with Gasteiger partial charge in [-0.2, -0.15) is 0 Å². The van der Waals surface area contributed by atoms with E-state index in [0.29, 0.717) is 11.7 Å². The molecule has 0 spiro atoms. The van der Waals surface area contributed by atoms with E-state index >= 15 is 0 Å². The average Bonchev–Trinajstić information content (AvgIpc) is 2.82. The smallest absolute Gasteiger partial charge is 0.178 e. The number of carbonyl (C=O) groups excluding carboxylic acids is 1. The maximum atomic E-state index is 11.2. The summed E-state index contributed by atoms with van der Waals surface area (Å²) in [7, 11) is 0. The summed E-state index contributed by atoms with van der Waals surface area (Å²) < 4.78 is 0. The first kappa shape index (κ1) is 11.7. The Kier molecular flexibility index (Phi) is 3.06. The van der Waals surface area contributed by atoms with Gasteiger partial charge in [-0.15, -0.1) is 0 Å². The van der Waals surface area contributed by atoms with E-state index in [9.17, 15) is 4.79 Å². The quantitative estimate of drug-likeness (QED) is 0.750. The molecular formula is C15H20N2O. The predicted molar refractivity (Wildman–Crippen MR) is 72.0 cm³/mol. The number of fused-ring (bicyclic) bond motifs is 1. The van der Waals surface area contributed by atoms with Gasteiger partial charge in [-0.25, -0.2) is 0 Å². The first-order valence-electron chi connectivity index (χ1n) is 6.99.